The normalized spacial score (nSPS) is 18.6. The third-order valence-electron chi connectivity index (χ3n) is 3.49. The number of nitrogens with two attached hydrogens (primary N) is 1. The summed E-state index contributed by atoms with van der Waals surface area (Å²) in [7, 11) is 1.39. The SMILES string of the molecule is COc1ccc(C2(N)CCC2)cc1C(C)(F)F. The Bertz CT molecular complexity index is 422. The molecule has 1 fully saturated rings. The van der Waals surface area contributed by atoms with Crippen LogP contribution in [0.4, 0.5) is 8.78 Å². The molecular formula is C13H17F2NO. The van der Waals surface area contributed by atoms with E-state index in [0.717, 1.165) is 31.7 Å². The molecule has 1 aliphatic rings. The molecule has 94 valence electrons. The Labute approximate surface area is 99.8 Å². The van der Waals surface area contributed by atoms with Crippen molar-refractivity contribution >= 4 is 0 Å². The van der Waals surface area contributed by atoms with Gasteiger partial charge < -0.3 is 10.5 Å². The highest BCUT2D eigenvalue weighted by Crippen LogP contribution is 2.42. The average molecular weight is 241 g/mol. The van der Waals surface area contributed by atoms with Crippen molar-refractivity contribution < 1.29 is 13.5 Å². The van der Waals surface area contributed by atoms with E-state index in [1.165, 1.54) is 13.2 Å². The Hall–Kier alpha value is -1.16. The van der Waals surface area contributed by atoms with E-state index in [9.17, 15) is 8.78 Å². The fraction of sp³-hybridized carbons (Fsp3) is 0.538. The number of hydrogen-bond acceptors (Lipinski definition) is 2. The third kappa shape index (κ3) is 2.14. The van der Waals surface area contributed by atoms with Gasteiger partial charge in [0, 0.05) is 12.5 Å². The zero-order valence-electron chi connectivity index (χ0n) is 10.1. The molecule has 17 heavy (non-hydrogen) atoms. The van der Waals surface area contributed by atoms with Crippen molar-refractivity contribution in [2.24, 2.45) is 5.73 Å². The fourth-order valence-corrected chi connectivity index (χ4v) is 2.21. The van der Waals surface area contributed by atoms with Crippen molar-refractivity contribution in [3.63, 3.8) is 0 Å². The Morgan fingerprint density at radius 3 is 2.41 bits per heavy atom. The highest BCUT2D eigenvalue weighted by molar-refractivity contribution is 5.42. The van der Waals surface area contributed by atoms with E-state index in [-0.39, 0.29) is 11.3 Å². The van der Waals surface area contributed by atoms with Gasteiger partial charge in [-0.1, -0.05) is 6.07 Å². The van der Waals surface area contributed by atoms with E-state index in [0.29, 0.717) is 0 Å². The van der Waals surface area contributed by atoms with E-state index in [1.54, 1.807) is 12.1 Å². The lowest BCUT2D eigenvalue weighted by atomic mass is 9.72. The van der Waals surface area contributed by atoms with E-state index in [2.05, 4.69) is 0 Å². The maximum atomic E-state index is 13.5. The molecule has 2 N–H and O–H groups in total. The number of rotatable bonds is 3. The van der Waals surface area contributed by atoms with E-state index in [4.69, 9.17) is 10.5 Å². The number of halogens is 2. The highest BCUT2D eigenvalue weighted by atomic mass is 19.3. The lowest BCUT2D eigenvalue weighted by Crippen LogP contribution is -2.43. The Kier molecular flexibility index (Phi) is 2.86. The molecule has 0 radical (unpaired) electrons. The predicted molar refractivity (Wildman–Crippen MR) is 62.3 cm³/mol. The van der Waals surface area contributed by atoms with Crippen molar-refractivity contribution in [3.05, 3.63) is 29.3 Å². The molecule has 0 amide bonds. The summed E-state index contributed by atoms with van der Waals surface area (Å²) in [5.41, 5.74) is 6.41. The van der Waals surface area contributed by atoms with Crippen molar-refractivity contribution in [2.75, 3.05) is 7.11 Å². The quantitative estimate of drug-likeness (QED) is 0.882. The number of ether oxygens (including phenoxy) is 1. The minimum atomic E-state index is -2.92. The third-order valence-corrected chi connectivity index (χ3v) is 3.49. The monoisotopic (exact) mass is 241 g/mol. The molecule has 0 heterocycles. The molecule has 0 unspecified atom stereocenters. The van der Waals surface area contributed by atoms with Crippen LogP contribution in [0.3, 0.4) is 0 Å². The second kappa shape index (κ2) is 3.95. The summed E-state index contributed by atoms with van der Waals surface area (Å²) in [6.45, 7) is 0.874. The highest BCUT2D eigenvalue weighted by Gasteiger charge is 2.37. The van der Waals surface area contributed by atoms with Crippen LogP contribution in [0.5, 0.6) is 5.75 Å². The first-order valence-electron chi connectivity index (χ1n) is 5.72. The maximum Gasteiger partial charge on any atom is 0.274 e. The van der Waals surface area contributed by atoms with Gasteiger partial charge in [-0.05, 0) is 37.0 Å². The molecule has 0 spiro atoms. The maximum absolute atomic E-state index is 13.5. The molecule has 0 atom stereocenters. The van der Waals surface area contributed by atoms with Gasteiger partial charge in [-0.3, -0.25) is 0 Å². The lowest BCUT2D eigenvalue weighted by molar-refractivity contribution is 0.0148. The molecule has 1 saturated carbocycles. The summed E-state index contributed by atoms with van der Waals surface area (Å²) in [5, 5.41) is 0. The smallest absolute Gasteiger partial charge is 0.274 e. The van der Waals surface area contributed by atoms with Crippen LogP contribution in [0.2, 0.25) is 0 Å². The van der Waals surface area contributed by atoms with E-state index >= 15 is 0 Å². The van der Waals surface area contributed by atoms with Crippen LogP contribution in [0.1, 0.15) is 37.3 Å². The van der Waals surface area contributed by atoms with Gasteiger partial charge in [-0.25, -0.2) is 8.78 Å². The number of benzene rings is 1. The molecule has 1 aromatic carbocycles. The molecule has 1 aromatic rings. The summed E-state index contributed by atoms with van der Waals surface area (Å²) in [5.74, 6) is -2.70. The van der Waals surface area contributed by atoms with Gasteiger partial charge in [-0.15, -0.1) is 0 Å². The van der Waals surface area contributed by atoms with Gasteiger partial charge in [0.05, 0.1) is 12.7 Å². The molecule has 0 bridgehead atoms. The Morgan fingerprint density at radius 2 is 2.00 bits per heavy atom. The van der Waals surface area contributed by atoms with Gasteiger partial charge in [0.15, 0.2) is 0 Å². The first-order chi connectivity index (χ1) is 7.87. The topological polar surface area (TPSA) is 35.2 Å². The van der Waals surface area contributed by atoms with E-state index in [1.807, 2.05) is 0 Å². The summed E-state index contributed by atoms with van der Waals surface area (Å²) < 4.78 is 31.9. The summed E-state index contributed by atoms with van der Waals surface area (Å²) in [6.07, 6.45) is 2.77. The molecule has 0 aliphatic heterocycles. The molecule has 2 nitrogen and oxygen atoms in total. The largest absolute Gasteiger partial charge is 0.496 e. The minimum absolute atomic E-state index is 0.0887. The summed E-state index contributed by atoms with van der Waals surface area (Å²) >= 11 is 0. The first kappa shape index (κ1) is 12.3. The van der Waals surface area contributed by atoms with Gasteiger partial charge in [-0.2, -0.15) is 0 Å². The summed E-state index contributed by atoms with van der Waals surface area (Å²) in [6, 6.07) is 4.85. The second-order valence-corrected chi connectivity index (χ2v) is 4.81. The van der Waals surface area contributed by atoms with Crippen LogP contribution >= 0.6 is 0 Å². The first-order valence-corrected chi connectivity index (χ1v) is 5.72. The molecule has 0 aromatic heterocycles. The summed E-state index contributed by atoms with van der Waals surface area (Å²) in [4.78, 5) is 0. The number of alkyl halides is 2. The van der Waals surface area contributed by atoms with Crippen LogP contribution in [-0.4, -0.2) is 7.11 Å². The van der Waals surface area contributed by atoms with Gasteiger partial charge in [0.25, 0.3) is 5.92 Å². The van der Waals surface area contributed by atoms with Crippen LogP contribution in [0.25, 0.3) is 0 Å². The fourth-order valence-electron chi connectivity index (χ4n) is 2.21. The van der Waals surface area contributed by atoms with Crippen molar-refractivity contribution in [1.29, 1.82) is 0 Å². The van der Waals surface area contributed by atoms with Crippen LogP contribution in [0.15, 0.2) is 18.2 Å². The average Bonchev–Trinajstić information content (AvgIpc) is 2.24. The van der Waals surface area contributed by atoms with Crippen LogP contribution in [0, 0.1) is 0 Å². The van der Waals surface area contributed by atoms with Crippen molar-refractivity contribution in [2.45, 2.75) is 37.6 Å². The van der Waals surface area contributed by atoms with Gasteiger partial charge >= 0.3 is 0 Å². The molecule has 4 heteroatoms. The molecular weight excluding hydrogens is 224 g/mol. The minimum Gasteiger partial charge on any atom is -0.496 e. The lowest BCUT2D eigenvalue weighted by Gasteiger charge is -2.39. The molecule has 2 rings (SSSR count). The van der Waals surface area contributed by atoms with Crippen LogP contribution in [-0.2, 0) is 11.5 Å². The zero-order chi connectivity index (χ0) is 12.7. The number of methoxy groups -OCH3 is 1. The standard InChI is InChI=1S/C13H17F2NO/c1-12(14,15)10-8-9(4-5-11(10)17-2)13(16)6-3-7-13/h4-5,8H,3,6-7,16H2,1-2H3. The zero-order valence-corrected chi connectivity index (χ0v) is 10.1. The van der Waals surface area contributed by atoms with Gasteiger partial charge in [0.1, 0.15) is 5.75 Å². The Balaban J connectivity index is 2.45. The second-order valence-electron chi connectivity index (χ2n) is 4.81. The molecule has 0 saturated heterocycles. The Morgan fingerprint density at radius 1 is 1.35 bits per heavy atom. The number of hydrogen-bond donors (Lipinski definition) is 1. The predicted octanol–water partition coefficient (Wildman–Crippen LogP) is 3.14. The van der Waals surface area contributed by atoms with Crippen LogP contribution < -0.4 is 10.5 Å². The van der Waals surface area contributed by atoms with E-state index < -0.39 is 11.5 Å². The van der Waals surface area contributed by atoms with Crippen molar-refractivity contribution in [1.82, 2.24) is 0 Å². The van der Waals surface area contributed by atoms with Crippen molar-refractivity contribution in [3.8, 4) is 5.75 Å². The molecule has 1 aliphatic carbocycles. The van der Waals surface area contributed by atoms with Gasteiger partial charge in [0.2, 0.25) is 0 Å².